The molecule has 1 aromatic rings. The summed E-state index contributed by atoms with van der Waals surface area (Å²) in [5, 5.41) is 0. The molecule has 1 saturated heterocycles. The smallest absolute Gasteiger partial charge is 0.239 e. The maximum absolute atomic E-state index is 12.3. The van der Waals surface area contributed by atoms with Crippen molar-refractivity contribution in [2.45, 2.75) is 25.4 Å². The molecule has 5 nitrogen and oxygen atoms in total. The second kappa shape index (κ2) is 9.95. The highest BCUT2D eigenvalue weighted by Gasteiger charge is 2.28. The largest absolute Gasteiger partial charge is 0.381 e. The number of hydrogen-bond donors (Lipinski definition) is 1. The summed E-state index contributed by atoms with van der Waals surface area (Å²) in [6, 6.07) is 3.39. The molecule has 0 bridgehead atoms. The molecule has 0 saturated carbocycles. The molecule has 120 valence electrons. The predicted molar refractivity (Wildman–Crippen MR) is 86.7 cm³/mol. The van der Waals surface area contributed by atoms with E-state index in [1.807, 2.05) is 12.1 Å². The molecule has 7 heteroatoms. The fraction of sp³-hybridized carbons (Fsp3) is 0.571. The Morgan fingerprint density at radius 1 is 1.38 bits per heavy atom. The highest BCUT2D eigenvalue weighted by Crippen LogP contribution is 2.19. The second-order valence-electron chi connectivity index (χ2n) is 5.03. The third-order valence-electron chi connectivity index (χ3n) is 3.60. The molecule has 1 atom stereocenters. The highest BCUT2D eigenvalue weighted by atomic mass is 35.5. The first-order valence-electron chi connectivity index (χ1n) is 6.65. The minimum atomic E-state index is -0.421. The molecule has 21 heavy (non-hydrogen) atoms. The number of carbonyl (C=O) groups is 1. The van der Waals surface area contributed by atoms with Gasteiger partial charge in [-0.1, -0.05) is 0 Å². The van der Waals surface area contributed by atoms with Gasteiger partial charge in [0.2, 0.25) is 5.91 Å². The Hall–Kier alpha value is -0.880. The average Bonchev–Trinajstić information content (AvgIpc) is 2.47. The van der Waals surface area contributed by atoms with E-state index in [4.69, 9.17) is 10.5 Å². The Kier molecular flexibility index (Phi) is 9.53. The number of halogens is 2. The molecular formula is C14H23Cl2N3O2. The Bertz CT molecular complexity index is 414. The third kappa shape index (κ3) is 5.79. The van der Waals surface area contributed by atoms with Crippen molar-refractivity contribution in [3.8, 4) is 0 Å². The van der Waals surface area contributed by atoms with Gasteiger partial charge in [-0.3, -0.25) is 9.78 Å². The lowest BCUT2D eigenvalue weighted by Gasteiger charge is -2.29. The number of carbonyl (C=O) groups excluding carboxylic acids is 1. The van der Waals surface area contributed by atoms with E-state index in [1.54, 1.807) is 24.3 Å². The Morgan fingerprint density at radius 2 is 1.95 bits per heavy atom. The van der Waals surface area contributed by atoms with Crippen molar-refractivity contribution in [3.63, 3.8) is 0 Å². The molecule has 2 heterocycles. The third-order valence-corrected chi connectivity index (χ3v) is 3.60. The van der Waals surface area contributed by atoms with Crippen LogP contribution in [0.3, 0.4) is 0 Å². The summed E-state index contributed by atoms with van der Waals surface area (Å²) in [7, 11) is 1.79. The van der Waals surface area contributed by atoms with Crippen molar-refractivity contribution < 1.29 is 9.53 Å². The van der Waals surface area contributed by atoms with Crippen LogP contribution in [0.5, 0.6) is 0 Å². The number of rotatable bonds is 4. The van der Waals surface area contributed by atoms with Gasteiger partial charge in [0.15, 0.2) is 0 Å². The highest BCUT2D eigenvalue weighted by molar-refractivity contribution is 5.85. The number of nitrogens with two attached hydrogens (primary N) is 1. The lowest BCUT2D eigenvalue weighted by Crippen LogP contribution is -2.47. The molecule has 0 aromatic carbocycles. The number of hydrogen-bond acceptors (Lipinski definition) is 4. The number of amides is 1. The molecule has 1 unspecified atom stereocenters. The quantitative estimate of drug-likeness (QED) is 0.908. The van der Waals surface area contributed by atoms with Crippen molar-refractivity contribution in [3.05, 3.63) is 30.1 Å². The average molecular weight is 336 g/mol. The van der Waals surface area contributed by atoms with E-state index in [0.717, 1.165) is 18.4 Å². The molecule has 1 aromatic heterocycles. The van der Waals surface area contributed by atoms with E-state index in [2.05, 4.69) is 4.98 Å². The van der Waals surface area contributed by atoms with Crippen molar-refractivity contribution in [1.29, 1.82) is 0 Å². The van der Waals surface area contributed by atoms with Gasteiger partial charge in [0.1, 0.15) is 0 Å². The molecular weight excluding hydrogens is 313 g/mol. The zero-order valence-electron chi connectivity index (χ0n) is 12.1. The first kappa shape index (κ1) is 20.1. The van der Waals surface area contributed by atoms with Crippen LogP contribution in [0.1, 0.15) is 18.4 Å². The molecule has 0 spiro atoms. The standard InChI is InChI=1S/C14H21N3O2.2ClH/c1-17(10-11-2-6-16-7-3-11)14(18)13(15)12-4-8-19-9-5-12;;/h2-3,6-7,12-13H,4-5,8-10,15H2,1H3;2*1H. The SMILES string of the molecule is CN(Cc1ccncc1)C(=O)C(N)C1CCOCC1.Cl.Cl. The van der Waals surface area contributed by atoms with Crippen LogP contribution in [0.15, 0.2) is 24.5 Å². The van der Waals surface area contributed by atoms with Crippen LogP contribution in [0.2, 0.25) is 0 Å². The van der Waals surface area contributed by atoms with Gasteiger partial charge in [0.05, 0.1) is 6.04 Å². The van der Waals surface area contributed by atoms with E-state index in [0.29, 0.717) is 19.8 Å². The molecule has 1 aliphatic rings. The molecule has 2 N–H and O–H groups in total. The van der Waals surface area contributed by atoms with Gasteiger partial charge in [-0.15, -0.1) is 24.8 Å². The minimum Gasteiger partial charge on any atom is -0.381 e. The van der Waals surface area contributed by atoms with E-state index in [1.165, 1.54) is 0 Å². The lowest BCUT2D eigenvalue weighted by molar-refractivity contribution is -0.133. The van der Waals surface area contributed by atoms with Crippen molar-refractivity contribution in [2.24, 2.45) is 11.7 Å². The van der Waals surface area contributed by atoms with Crippen molar-refractivity contribution >= 4 is 30.7 Å². The van der Waals surface area contributed by atoms with Crippen molar-refractivity contribution in [2.75, 3.05) is 20.3 Å². The molecule has 1 aliphatic heterocycles. The van der Waals surface area contributed by atoms with Crippen LogP contribution in [0.4, 0.5) is 0 Å². The van der Waals surface area contributed by atoms with Crippen LogP contribution < -0.4 is 5.73 Å². The van der Waals surface area contributed by atoms with E-state index < -0.39 is 6.04 Å². The fourth-order valence-electron chi connectivity index (χ4n) is 2.37. The summed E-state index contributed by atoms with van der Waals surface area (Å²) < 4.78 is 5.30. The zero-order valence-corrected chi connectivity index (χ0v) is 13.7. The van der Waals surface area contributed by atoms with Gasteiger partial charge >= 0.3 is 0 Å². The Balaban J connectivity index is 0.00000200. The van der Waals surface area contributed by atoms with Crippen LogP contribution in [0.25, 0.3) is 0 Å². The number of ether oxygens (including phenoxy) is 1. The minimum absolute atomic E-state index is 0. The maximum atomic E-state index is 12.3. The molecule has 0 aliphatic carbocycles. The van der Waals surface area contributed by atoms with Gasteiger partial charge in [-0.2, -0.15) is 0 Å². The zero-order chi connectivity index (χ0) is 13.7. The topological polar surface area (TPSA) is 68.5 Å². The predicted octanol–water partition coefficient (Wildman–Crippen LogP) is 1.64. The maximum Gasteiger partial charge on any atom is 0.239 e. The van der Waals surface area contributed by atoms with Crippen LogP contribution in [-0.2, 0) is 16.1 Å². The molecule has 1 amide bonds. The first-order chi connectivity index (χ1) is 9.18. The summed E-state index contributed by atoms with van der Waals surface area (Å²) in [5.74, 6) is 0.241. The van der Waals surface area contributed by atoms with Gasteiger partial charge in [0.25, 0.3) is 0 Å². The van der Waals surface area contributed by atoms with Crippen LogP contribution >= 0.6 is 24.8 Å². The van der Waals surface area contributed by atoms with E-state index in [-0.39, 0.29) is 36.6 Å². The van der Waals surface area contributed by atoms with E-state index >= 15 is 0 Å². The molecule has 2 rings (SSSR count). The number of pyridine rings is 1. The monoisotopic (exact) mass is 335 g/mol. The molecule has 0 radical (unpaired) electrons. The number of aromatic nitrogens is 1. The first-order valence-corrected chi connectivity index (χ1v) is 6.65. The van der Waals surface area contributed by atoms with Gasteiger partial charge in [-0.05, 0) is 36.5 Å². The van der Waals surface area contributed by atoms with Crippen molar-refractivity contribution in [1.82, 2.24) is 9.88 Å². The van der Waals surface area contributed by atoms with Crippen LogP contribution in [-0.4, -0.2) is 42.1 Å². The second-order valence-corrected chi connectivity index (χ2v) is 5.03. The summed E-state index contributed by atoms with van der Waals surface area (Å²) >= 11 is 0. The van der Waals surface area contributed by atoms with Gasteiger partial charge < -0.3 is 15.4 Å². The number of likely N-dealkylation sites (N-methyl/N-ethyl adjacent to an activating group) is 1. The summed E-state index contributed by atoms with van der Waals surface area (Å²) in [5.41, 5.74) is 7.15. The molecule has 1 fully saturated rings. The lowest BCUT2D eigenvalue weighted by atomic mass is 9.91. The fourth-order valence-corrected chi connectivity index (χ4v) is 2.37. The summed E-state index contributed by atoms with van der Waals surface area (Å²) in [6.07, 6.45) is 5.20. The van der Waals surface area contributed by atoms with E-state index in [9.17, 15) is 4.79 Å². The Morgan fingerprint density at radius 3 is 2.52 bits per heavy atom. The summed E-state index contributed by atoms with van der Waals surface area (Å²) in [6.45, 7) is 1.98. The summed E-state index contributed by atoms with van der Waals surface area (Å²) in [4.78, 5) is 17.9. The van der Waals surface area contributed by atoms with Gasteiger partial charge in [-0.25, -0.2) is 0 Å². The van der Waals surface area contributed by atoms with Gasteiger partial charge in [0, 0.05) is 39.2 Å². The van der Waals surface area contributed by atoms with Crippen LogP contribution in [0, 0.1) is 5.92 Å². The Labute approximate surface area is 138 Å². The normalized spacial score (nSPS) is 16.3. The number of nitrogens with zero attached hydrogens (tertiary/aromatic N) is 2.